The predicted molar refractivity (Wildman–Crippen MR) is 116 cm³/mol. The first-order valence-corrected chi connectivity index (χ1v) is 10.4. The van der Waals surface area contributed by atoms with E-state index in [1.807, 2.05) is 60.0 Å². The highest BCUT2D eigenvalue weighted by atomic mass is 16.6. The van der Waals surface area contributed by atoms with Crippen molar-refractivity contribution in [2.75, 3.05) is 31.1 Å². The molecule has 3 aromatic rings. The second kappa shape index (κ2) is 9.22. The highest BCUT2D eigenvalue weighted by Gasteiger charge is 2.30. The van der Waals surface area contributed by atoms with Crippen LogP contribution in [0.2, 0.25) is 0 Å². The van der Waals surface area contributed by atoms with Crippen molar-refractivity contribution in [3.8, 4) is 5.88 Å². The Morgan fingerprint density at radius 2 is 2.13 bits per heavy atom. The summed E-state index contributed by atoms with van der Waals surface area (Å²) in [4.78, 5) is 24.4. The smallest absolute Gasteiger partial charge is 0.409 e. The summed E-state index contributed by atoms with van der Waals surface area (Å²) in [6.45, 7) is 3.84. The zero-order chi connectivity index (χ0) is 21.8. The first-order chi connectivity index (χ1) is 15.1. The van der Waals surface area contributed by atoms with Crippen molar-refractivity contribution in [3.63, 3.8) is 0 Å². The summed E-state index contributed by atoms with van der Waals surface area (Å²) >= 11 is 0. The largest absolute Gasteiger partial charge is 0.471 e. The Bertz CT molecular complexity index is 1040. The van der Waals surface area contributed by atoms with Gasteiger partial charge in [-0.3, -0.25) is 4.98 Å². The minimum Gasteiger partial charge on any atom is -0.471 e. The molecule has 0 aliphatic carbocycles. The second-order valence-corrected chi connectivity index (χ2v) is 7.49. The van der Waals surface area contributed by atoms with Crippen molar-refractivity contribution in [2.45, 2.75) is 26.2 Å². The zero-order valence-corrected chi connectivity index (χ0v) is 17.8. The van der Waals surface area contributed by atoms with E-state index in [0.29, 0.717) is 32.2 Å². The normalized spacial score (nSPS) is 16.5. The Morgan fingerprint density at radius 1 is 1.26 bits per heavy atom. The van der Waals surface area contributed by atoms with Crippen LogP contribution in [-0.4, -0.2) is 63.1 Å². The third kappa shape index (κ3) is 4.56. The molecule has 1 aliphatic heterocycles. The van der Waals surface area contributed by atoms with Crippen LogP contribution < -0.4 is 9.64 Å². The molecule has 0 saturated carbocycles. The Balaban J connectivity index is 1.48. The van der Waals surface area contributed by atoms with Crippen LogP contribution >= 0.6 is 0 Å². The zero-order valence-electron chi connectivity index (χ0n) is 17.8. The first kappa shape index (κ1) is 20.9. The topological polar surface area (TPSA) is 93.0 Å². The number of carbonyl (C=O) groups is 1. The number of hydrogen-bond acceptors (Lipinski definition) is 7. The second-order valence-electron chi connectivity index (χ2n) is 7.49. The molecular weight excluding hydrogens is 398 g/mol. The minimum absolute atomic E-state index is 0.192. The number of anilines is 1. The number of carbonyl (C=O) groups excluding carboxylic acids is 1. The molecule has 1 atom stereocenters. The number of aliphatic hydroxyl groups is 1. The summed E-state index contributed by atoms with van der Waals surface area (Å²) in [6.07, 6.45) is 3.23. The third-order valence-electron chi connectivity index (χ3n) is 5.22. The van der Waals surface area contributed by atoms with E-state index in [-0.39, 0.29) is 12.6 Å². The molecule has 4 heterocycles. The molecule has 0 bridgehead atoms. The van der Waals surface area contributed by atoms with E-state index >= 15 is 0 Å². The predicted octanol–water partition coefficient (Wildman–Crippen LogP) is 2.53. The maximum atomic E-state index is 12.1. The average molecular weight is 425 g/mol. The fourth-order valence-corrected chi connectivity index (χ4v) is 3.65. The number of hydrogen-bond donors (Lipinski definition) is 1. The average Bonchev–Trinajstić information content (AvgIpc) is 3.12. The molecule has 164 valence electrons. The van der Waals surface area contributed by atoms with Gasteiger partial charge < -0.3 is 28.9 Å². The Morgan fingerprint density at radius 3 is 2.87 bits per heavy atom. The summed E-state index contributed by atoms with van der Waals surface area (Å²) in [5.41, 5.74) is 2.45. The monoisotopic (exact) mass is 425 g/mol. The van der Waals surface area contributed by atoms with E-state index in [2.05, 4.69) is 9.97 Å². The van der Waals surface area contributed by atoms with E-state index in [1.165, 1.54) is 0 Å². The third-order valence-corrected chi connectivity index (χ3v) is 5.22. The molecule has 9 heteroatoms. The van der Waals surface area contributed by atoms with E-state index < -0.39 is 6.23 Å². The standard InChI is InChI=1S/C22H27N5O4/c1-3-12-30-22(29)26-10-11-27(20(28)14-26)18-13-25(2)21-17(18)7-8-19(24-21)31-15-16-6-4-5-9-23-16/h4-9,13,20,28H,3,10-12,14-15H2,1-2H3. The Hall–Kier alpha value is -3.33. The lowest BCUT2D eigenvalue weighted by atomic mass is 10.2. The van der Waals surface area contributed by atoms with Gasteiger partial charge in [-0.2, -0.15) is 4.98 Å². The van der Waals surface area contributed by atoms with Crippen LogP contribution in [0.4, 0.5) is 10.5 Å². The summed E-state index contributed by atoms with van der Waals surface area (Å²) < 4.78 is 12.9. The van der Waals surface area contributed by atoms with Crippen LogP contribution in [0.25, 0.3) is 11.0 Å². The Labute approximate surface area is 180 Å². The van der Waals surface area contributed by atoms with Crippen LogP contribution in [0, 0.1) is 0 Å². The van der Waals surface area contributed by atoms with Crippen LogP contribution in [0.5, 0.6) is 5.88 Å². The summed E-state index contributed by atoms with van der Waals surface area (Å²) in [6, 6.07) is 9.44. The highest BCUT2D eigenvalue weighted by molar-refractivity contribution is 5.91. The molecule has 31 heavy (non-hydrogen) atoms. The number of ether oxygens (including phenoxy) is 2. The molecule has 0 aromatic carbocycles. The van der Waals surface area contributed by atoms with Gasteiger partial charge in [-0.15, -0.1) is 0 Å². The van der Waals surface area contributed by atoms with Crippen molar-refractivity contribution < 1.29 is 19.4 Å². The van der Waals surface area contributed by atoms with Crippen molar-refractivity contribution in [2.24, 2.45) is 7.05 Å². The number of rotatable bonds is 6. The van der Waals surface area contributed by atoms with Gasteiger partial charge in [0.1, 0.15) is 18.5 Å². The van der Waals surface area contributed by atoms with Crippen molar-refractivity contribution in [1.29, 1.82) is 0 Å². The fourth-order valence-electron chi connectivity index (χ4n) is 3.65. The van der Waals surface area contributed by atoms with Crippen LogP contribution in [0.15, 0.2) is 42.7 Å². The van der Waals surface area contributed by atoms with E-state index in [4.69, 9.17) is 9.47 Å². The number of nitrogens with zero attached hydrogens (tertiary/aromatic N) is 5. The number of amides is 1. The molecule has 1 aliphatic rings. The molecule has 1 unspecified atom stereocenters. The fraction of sp³-hybridized carbons (Fsp3) is 0.409. The van der Waals surface area contributed by atoms with Gasteiger partial charge in [0.2, 0.25) is 5.88 Å². The molecule has 1 N–H and O–H groups in total. The maximum absolute atomic E-state index is 12.1. The molecule has 3 aromatic heterocycles. The summed E-state index contributed by atoms with van der Waals surface area (Å²) in [5, 5.41) is 11.6. The van der Waals surface area contributed by atoms with Gasteiger partial charge in [0.25, 0.3) is 0 Å². The van der Waals surface area contributed by atoms with Gasteiger partial charge in [0, 0.05) is 44.0 Å². The van der Waals surface area contributed by atoms with Crippen molar-refractivity contribution >= 4 is 22.8 Å². The SMILES string of the molecule is CCCOC(=O)N1CCN(c2cn(C)c3nc(OCc4ccccn4)ccc23)C(O)C1. The number of aryl methyl sites for hydroxylation is 1. The molecule has 1 saturated heterocycles. The lowest BCUT2D eigenvalue weighted by Gasteiger charge is -2.39. The molecule has 0 spiro atoms. The summed E-state index contributed by atoms with van der Waals surface area (Å²) in [5.74, 6) is 0.509. The number of fused-ring (bicyclic) bond motifs is 1. The van der Waals surface area contributed by atoms with E-state index in [1.54, 1.807) is 11.1 Å². The number of aromatic nitrogens is 3. The van der Waals surface area contributed by atoms with Gasteiger partial charge >= 0.3 is 6.09 Å². The van der Waals surface area contributed by atoms with Gasteiger partial charge in [-0.05, 0) is 24.6 Å². The first-order valence-electron chi connectivity index (χ1n) is 10.4. The molecule has 9 nitrogen and oxygen atoms in total. The number of pyridine rings is 2. The van der Waals surface area contributed by atoms with E-state index in [0.717, 1.165) is 28.8 Å². The van der Waals surface area contributed by atoms with Crippen molar-refractivity contribution in [1.82, 2.24) is 19.4 Å². The van der Waals surface area contributed by atoms with Gasteiger partial charge in [0.05, 0.1) is 24.5 Å². The van der Waals surface area contributed by atoms with Crippen molar-refractivity contribution in [3.05, 3.63) is 48.4 Å². The molecule has 4 rings (SSSR count). The van der Waals surface area contributed by atoms with Gasteiger partial charge in [-0.1, -0.05) is 13.0 Å². The van der Waals surface area contributed by atoms with Gasteiger partial charge in [-0.25, -0.2) is 4.79 Å². The lowest BCUT2D eigenvalue weighted by Crippen LogP contribution is -2.55. The van der Waals surface area contributed by atoms with Gasteiger partial charge in [0.15, 0.2) is 0 Å². The van der Waals surface area contributed by atoms with Crippen LogP contribution in [0.3, 0.4) is 0 Å². The number of β-amino-alcohol motifs (C(OH)–C–C–N with tert-alkyl or cyclic N) is 1. The maximum Gasteiger partial charge on any atom is 0.409 e. The van der Waals surface area contributed by atoms with Crippen LogP contribution in [0.1, 0.15) is 19.0 Å². The number of aliphatic hydroxyl groups excluding tert-OH is 1. The van der Waals surface area contributed by atoms with Crippen LogP contribution in [-0.2, 0) is 18.4 Å². The number of piperazine rings is 1. The van der Waals surface area contributed by atoms with E-state index in [9.17, 15) is 9.90 Å². The lowest BCUT2D eigenvalue weighted by molar-refractivity contribution is 0.0563. The molecule has 0 radical (unpaired) electrons. The molecular formula is C22H27N5O4. The Kier molecular flexibility index (Phi) is 6.22. The minimum atomic E-state index is -0.825. The molecule has 1 amide bonds. The quantitative estimate of drug-likeness (QED) is 0.649. The highest BCUT2D eigenvalue weighted by Crippen LogP contribution is 2.31. The summed E-state index contributed by atoms with van der Waals surface area (Å²) in [7, 11) is 1.91. The molecule has 1 fully saturated rings.